The van der Waals surface area contributed by atoms with Crippen LogP contribution in [0.2, 0.25) is 0 Å². The number of benzene rings is 1. The van der Waals surface area contributed by atoms with Gasteiger partial charge in [-0.3, -0.25) is 10.1 Å². The highest BCUT2D eigenvalue weighted by atomic mass is 32.2. The van der Waals surface area contributed by atoms with Gasteiger partial charge in [-0.25, -0.2) is 0 Å². The van der Waals surface area contributed by atoms with Crippen molar-refractivity contribution >= 4 is 34.1 Å². The van der Waals surface area contributed by atoms with E-state index in [9.17, 15) is 4.79 Å². The molecule has 1 aliphatic rings. The minimum atomic E-state index is -0.0355. The van der Waals surface area contributed by atoms with Crippen molar-refractivity contribution in [1.29, 1.82) is 0 Å². The van der Waals surface area contributed by atoms with Crippen LogP contribution in [0.3, 0.4) is 0 Å². The van der Waals surface area contributed by atoms with Gasteiger partial charge in [0.2, 0.25) is 11.0 Å². The molecule has 1 aromatic heterocycles. The Balaban J connectivity index is 1.55. The number of nitrogens with zero attached hydrogens (tertiary/aromatic N) is 2. The predicted octanol–water partition coefficient (Wildman–Crippen LogP) is 3.07. The van der Waals surface area contributed by atoms with E-state index in [2.05, 4.69) is 33.7 Å². The number of hydrogen-bond acceptors (Lipinski definition) is 5. The van der Waals surface area contributed by atoms with Crippen molar-refractivity contribution in [2.75, 3.05) is 11.1 Å². The van der Waals surface area contributed by atoms with E-state index < -0.39 is 0 Å². The molecule has 2 aromatic rings. The summed E-state index contributed by atoms with van der Waals surface area (Å²) in [6.45, 7) is 1.87. The first-order valence-electron chi connectivity index (χ1n) is 6.55. The molecular formula is C14H15N3OS2. The Morgan fingerprint density at radius 3 is 3.00 bits per heavy atom. The maximum absolute atomic E-state index is 11.8. The first kappa shape index (κ1) is 13.6. The lowest BCUT2D eigenvalue weighted by Gasteiger charge is -2.04. The molecule has 0 unspecified atom stereocenters. The Morgan fingerprint density at radius 2 is 2.20 bits per heavy atom. The van der Waals surface area contributed by atoms with Crippen molar-refractivity contribution in [3.05, 3.63) is 34.3 Å². The van der Waals surface area contributed by atoms with Gasteiger partial charge in [-0.05, 0) is 49.4 Å². The molecule has 0 fully saturated rings. The largest absolute Gasteiger partial charge is 0.300 e. The summed E-state index contributed by atoms with van der Waals surface area (Å²) in [5, 5.41) is 12.0. The summed E-state index contributed by atoms with van der Waals surface area (Å²) in [5.74, 6) is 0.365. The number of rotatable bonds is 4. The molecule has 1 aliphatic carbocycles. The molecule has 1 amide bonds. The topological polar surface area (TPSA) is 54.9 Å². The van der Waals surface area contributed by atoms with Crippen LogP contribution in [0.1, 0.15) is 22.6 Å². The van der Waals surface area contributed by atoms with Gasteiger partial charge < -0.3 is 0 Å². The van der Waals surface area contributed by atoms with Crippen LogP contribution in [0.15, 0.2) is 23.1 Å². The van der Waals surface area contributed by atoms with E-state index in [-0.39, 0.29) is 5.91 Å². The quantitative estimate of drug-likeness (QED) is 0.882. The van der Waals surface area contributed by atoms with Crippen LogP contribution < -0.4 is 5.32 Å². The fourth-order valence-corrected chi connectivity index (χ4v) is 3.66. The summed E-state index contributed by atoms with van der Waals surface area (Å²) in [4.78, 5) is 13.0. The molecule has 0 aliphatic heterocycles. The number of carbonyl (C=O) groups excluding carboxylic acids is 1. The van der Waals surface area contributed by atoms with Gasteiger partial charge in [-0.2, -0.15) is 0 Å². The lowest BCUT2D eigenvalue weighted by atomic mass is 10.1. The summed E-state index contributed by atoms with van der Waals surface area (Å²) in [6.07, 6.45) is 3.61. The lowest BCUT2D eigenvalue weighted by molar-refractivity contribution is -0.113. The molecule has 0 bridgehead atoms. The maximum Gasteiger partial charge on any atom is 0.236 e. The van der Waals surface area contributed by atoms with E-state index in [1.165, 1.54) is 41.7 Å². The van der Waals surface area contributed by atoms with E-state index >= 15 is 0 Å². The molecule has 0 radical (unpaired) electrons. The number of fused-ring (bicyclic) bond motifs is 1. The number of amides is 1. The van der Waals surface area contributed by atoms with Gasteiger partial charge in [0.05, 0.1) is 5.75 Å². The van der Waals surface area contributed by atoms with Crippen LogP contribution in [-0.2, 0) is 17.6 Å². The first-order chi connectivity index (χ1) is 9.70. The number of anilines is 1. The van der Waals surface area contributed by atoms with Crippen LogP contribution in [-0.4, -0.2) is 21.9 Å². The summed E-state index contributed by atoms with van der Waals surface area (Å²) in [6, 6.07) is 6.52. The Morgan fingerprint density at radius 1 is 1.35 bits per heavy atom. The van der Waals surface area contributed by atoms with E-state index in [0.717, 1.165) is 9.90 Å². The monoisotopic (exact) mass is 305 g/mol. The molecule has 20 heavy (non-hydrogen) atoms. The molecule has 1 N–H and O–H groups in total. The molecule has 0 saturated heterocycles. The molecule has 0 saturated carbocycles. The minimum Gasteiger partial charge on any atom is -0.300 e. The van der Waals surface area contributed by atoms with Crippen molar-refractivity contribution in [1.82, 2.24) is 10.2 Å². The summed E-state index contributed by atoms with van der Waals surface area (Å²) >= 11 is 2.96. The SMILES string of the molecule is Cc1nnc(NC(=O)CSc2ccc3c(c2)CCC3)s1. The highest BCUT2D eigenvalue weighted by molar-refractivity contribution is 8.00. The van der Waals surface area contributed by atoms with Crippen molar-refractivity contribution in [3.8, 4) is 0 Å². The second-order valence-electron chi connectivity index (χ2n) is 4.75. The second kappa shape index (κ2) is 5.93. The Kier molecular flexibility index (Phi) is 4.03. The zero-order valence-electron chi connectivity index (χ0n) is 11.2. The third-order valence-corrected chi connectivity index (χ3v) is 4.96. The minimum absolute atomic E-state index is 0.0355. The van der Waals surface area contributed by atoms with Crippen molar-refractivity contribution < 1.29 is 4.79 Å². The number of thioether (sulfide) groups is 1. The third-order valence-electron chi connectivity index (χ3n) is 3.21. The molecule has 3 rings (SSSR count). The Labute approximate surface area is 126 Å². The van der Waals surface area contributed by atoms with Crippen molar-refractivity contribution in [2.45, 2.75) is 31.1 Å². The standard InChI is InChI=1S/C14H15N3OS2/c1-9-16-17-14(20-9)15-13(18)8-19-12-6-5-10-3-2-4-11(10)7-12/h5-7H,2-4,8H2,1H3,(H,15,17,18). The number of aryl methyl sites for hydroxylation is 3. The molecule has 1 heterocycles. The Bertz CT molecular complexity index is 639. The van der Waals surface area contributed by atoms with Gasteiger partial charge in [0.25, 0.3) is 0 Å². The Hall–Kier alpha value is -1.40. The molecule has 0 spiro atoms. The highest BCUT2D eigenvalue weighted by Gasteiger charge is 2.12. The predicted molar refractivity (Wildman–Crippen MR) is 82.5 cm³/mol. The lowest BCUT2D eigenvalue weighted by Crippen LogP contribution is -2.13. The molecule has 6 heteroatoms. The van der Waals surface area contributed by atoms with Gasteiger partial charge in [-0.15, -0.1) is 22.0 Å². The zero-order chi connectivity index (χ0) is 13.9. The number of nitrogens with one attached hydrogen (secondary N) is 1. The smallest absolute Gasteiger partial charge is 0.236 e. The molecule has 1 aromatic carbocycles. The second-order valence-corrected chi connectivity index (χ2v) is 6.98. The highest BCUT2D eigenvalue weighted by Crippen LogP contribution is 2.27. The number of hydrogen-bond donors (Lipinski definition) is 1. The number of carbonyl (C=O) groups is 1. The molecule has 0 atom stereocenters. The summed E-state index contributed by atoms with van der Waals surface area (Å²) in [7, 11) is 0. The summed E-state index contributed by atoms with van der Waals surface area (Å²) in [5.41, 5.74) is 2.90. The first-order valence-corrected chi connectivity index (χ1v) is 8.35. The van der Waals surface area contributed by atoms with Crippen LogP contribution in [0.25, 0.3) is 0 Å². The average molecular weight is 305 g/mol. The van der Waals surface area contributed by atoms with E-state index in [4.69, 9.17) is 0 Å². The van der Waals surface area contributed by atoms with Crippen molar-refractivity contribution in [2.24, 2.45) is 0 Å². The number of aromatic nitrogens is 2. The van der Waals surface area contributed by atoms with Gasteiger partial charge in [-0.1, -0.05) is 17.4 Å². The van der Waals surface area contributed by atoms with Crippen LogP contribution in [0, 0.1) is 6.92 Å². The molecular weight excluding hydrogens is 290 g/mol. The van der Waals surface area contributed by atoms with Crippen LogP contribution in [0.5, 0.6) is 0 Å². The average Bonchev–Trinajstić information content (AvgIpc) is 3.04. The molecule has 4 nitrogen and oxygen atoms in total. The summed E-state index contributed by atoms with van der Waals surface area (Å²) < 4.78 is 0. The van der Waals surface area contributed by atoms with E-state index in [1.54, 1.807) is 11.8 Å². The van der Waals surface area contributed by atoms with Crippen LogP contribution in [0.4, 0.5) is 5.13 Å². The van der Waals surface area contributed by atoms with Gasteiger partial charge >= 0.3 is 0 Å². The molecule has 104 valence electrons. The zero-order valence-corrected chi connectivity index (χ0v) is 12.8. The van der Waals surface area contributed by atoms with Gasteiger partial charge in [0, 0.05) is 4.90 Å². The van der Waals surface area contributed by atoms with Gasteiger partial charge in [0.15, 0.2) is 0 Å². The van der Waals surface area contributed by atoms with Crippen LogP contribution >= 0.6 is 23.1 Å². The fraction of sp³-hybridized carbons (Fsp3) is 0.357. The van der Waals surface area contributed by atoms with Crippen molar-refractivity contribution in [3.63, 3.8) is 0 Å². The van der Waals surface area contributed by atoms with Gasteiger partial charge in [0.1, 0.15) is 5.01 Å². The van der Waals surface area contributed by atoms with E-state index in [0.29, 0.717) is 10.9 Å². The normalized spacial score (nSPS) is 13.2. The fourth-order valence-electron chi connectivity index (χ4n) is 2.29. The van der Waals surface area contributed by atoms with E-state index in [1.807, 2.05) is 6.92 Å². The maximum atomic E-state index is 11.8. The third kappa shape index (κ3) is 3.19.